The van der Waals surface area contributed by atoms with Crippen LogP contribution in [0.4, 0.5) is 0 Å². The molecule has 0 aromatic heterocycles. The normalized spacial score (nSPS) is 20.8. The number of likely N-dealkylation sites (tertiary alicyclic amines) is 1. The lowest BCUT2D eigenvalue weighted by atomic mass is 10.4. The monoisotopic (exact) mass is 202 g/mol. The lowest BCUT2D eigenvalue weighted by molar-refractivity contribution is 0.341. The van der Waals surface area contributed by atoms with Gasteiger partial charge in [0.1, 0.15) is 0 Å². The second-order valence-corrected chi connectivity index (χ2v) is 5.10. The van der Waals surface area contributed by atoms with Crippen LogP contribution in [0, 0.1) is 0 Å². The van der Waals surface area contributed by atoms with Crippen molar-refractivity contribution in [3.05, 3.63) is 0 Å². The maximum atomic E-state index is 5.67. The first-order valence-corrected chi connectivity index (χ1v) is 6.50. The summed E-state index contributed by atoms with van der Waals surface area (Å²) in [6, 6.07) is 0.358. The summed E-state index contributed by atoms with van der Waals surface area (Å²) in [6.45, 7) is 6.04. The summed E-state index contributed by atoms with van der Waals surface area (Å²) in [6.07, 6.45) is 4.15. The highest BCUT2D eigenvalue weighted by atomic mass is 32.2. The van der Waals surface area contributed by atoms with Crippen LogP contribution in [0.1, 0.15) is 26.2 Å². The van der Waals surface area contributed by atoms with Crippen molar-refractivity contribution in [2.45, 2.75) is 32.2 Å². The van der Waals surface area contributed by atoms with Gasteiger partial charge in [0.2, 0.25) is 0 Å². The quantitative estimate of drug-likeness (QED) is 0.663. The Bertz CT molecular complexity index is 122. The number of thioether (sulfide) groups is 1. The SMILES string of the molecule is CC(N)CSCCCN1CCCC1. The van der Waals surface area contributed by atoms with Crippen LogP contribution in [0.3, 0.4) is 0 Å². The summed E-state index contributed by atoms with van der Waals surface area (Å²) < 4.78 is 0. The van der Waals surface area contributed by atoms with Crippen molar-refractivity contribution in [2.75, 3.05) is 31.1 Å². The van der Waals surface area contributed by atoms with E-state index in [4.69, 9.17) is 5.73 Å². The molecule has 1 atom stereocenters. The van der Waals surface area contributed by atoms with Gasteiger partial charge < -0.3 is 10.6 Å². The minimum atomic E-state index is 0.358. The summed E-state index contributed by atoms with van der Waals surface area (Å²) in [5.74, 6) is 2.39. The van der Waals surface area contributed by atoms with Crippen molar-refractivity contribution >= 4 is 11.8 Å². The van der Waals surface area contributed by atoms with Crippen LogP contribution in [0.25, 0.3) is 0 Å². The van der Waals surface area contributed by atoms with Crippen LogP contribution in [-0.4, -0.2) is 42.1 Å². The third-order valence-corrected chi connectivity index (χ3v) is 3.68. The van der Waals surface area contributed by atoms with E-state index in [1.807, 2.05) is 11.8 Å². The maximum Gasteiger partial charge on any atom is 0.0101 e. The zero-order chi connectivity index (χ0) is 9.52. The van der Waals surface area contributed by atoms with Gasteiger partial charge in [0.05, 0.1) is 0 Å². The predicted octanol–water partition coefficient (Wildman–Crippen LogP) is 1.55. The molecule has 2 nitrogen and oxygen atoms in total. The average molecular weight is 202 g/mol. The molecule has 0 spiro atoms. The Hall–Kier alpha value is 0.270. The highest BCUT2D eigenvalue weighted by Crippen LogP contribution is 2.09. The molecular weight excluding hydrogens is 180 g/mol. The van der Waals surface area contributed by atoms with E-state index in [9.17, 15) is 0 Å². The van der Waals surface area contributed by atoms with Crippen molar-refractivity contribution in [3.8, 4) is 0 Å². The Morgan fingerprint density at radius 3 is 2.69 bits per heavy atom. The molecule has 1 unspecified atom stereocenters. The van der Waals surface area contributed by atoms with Gasteiger partial charge in [0.25, 0.3) is 0 Å². The average Bonchev–Trinajstić information content (AvgIpc) is 2.55. The molecule has 0 aromatic carbocycles. The molecule has 13 heavy (non-hydrogen) atoms. The Balaban J connectivity index is 1.83. The van der Waals surface area contributed by atoms with Crippen LogP contribution in [0.5, 0.6) is 0 Å². The Labute approximate surface area is 86.2 Å². The molecular formula is C10H22N2S. The standard InChI is InChI=1S/C10H22N2S/c1-10(11)9-13-8-4-7-12-5-2-3-6-12/h10H,2-9,11H2,1H3. The maximum absolute atomic E-state index is 5.67. The van der Waals surface area contributed by atoms with Gasteiger partial charge in [-0.3, -0.25) is 0 Å². The van der Waals surface area contributed by atoms with E-state index in [1.54, 1.807) is 0 Å². The van der Waals surface area contributed by atoms with Crippen molar-refractivity contribution < 1.29 is 0 Å². The Morgan fingerprint density at radius 1 is 1.38 bits per heavy atom. The van der Waals surface area contributed by atoms with Gasteiger partial charge in [-0.25, -0.2) is 0 Å². The van der Waals surface area contributed by atoms with Crippen LogP contribution < -0.4 is 5.73 Å². The van der Waals surface area contributed by atoms with Crippen molar-refractivity contribution in [2.24, 2.45) is 5.73 Å². The van der Waals surface area contributed by atoms with E-state index in [0.717, 1.165) is 5.75 Å². The van der Waals surface area contributed by atoms with Crippen molar-refractivity contribution in [1.29, 1.82) is 0 Å². The fraction of sp³-hybridized carbons (Fsp3) is 1.00. The summed E-state index contributed by atoms with van der Waals surface area (Å²) in [7, 11) is 0. The predicted molar refractivity (Wildman–Crippen MR) is 61.3 cm³/mol. The molecule has 1 saturated heterocycles. The molecule has 0 bridgehead atoms. The molecule has 1 aliphatic rings. The molecule has 0 amide bonds. The Morgan fingerprint density at radius 2 is 2.08 bits per heavy atom. The van der Waals surface area contributed by atoms with E-state index < -0.39 is 0 Å². The highest BCUT2D eigenvalue weighted by Gasteiger charge is 2.09. The first-order chi connectivity index (χ1) is 6.29. The van der Waals surface area contributed by atoms with Gasteiger partial charge >= 0.3 is 0 Å². The zero-order valence-corrected chi connectivity index (χ0v) is 9.48. The number of hydrogen-bond acceptors (Lipinski definition) is 3. The largest absolute Gasteiger partial charge is 0.327 e. The highest BCUT2D eigenvalue weighted by molar-refractivity contribution is 7.99. The zero-order valence-electron chi connectivity index (χ0n) is 8.67. The molecule has 2 N–H and O–H groups in total. The molecule has 1 rings (SSSR count). The molecule has 0 saturated carbocycles. The molecule has 1 heterocycles. The smallest absolute Gasteiger partial charge is 0.0101 e. The number of hydrogen-bond donors (Lipinski definition) is 1. The van der Waals surface area contributed by atoms with Crippen LogP contribution in [0.15, 0.2) is 0 Å². The van der Waals surface area contributed by atoms with Crippen LogP contribution in [-0.2, 0) is 0 Å². The molecule has 1 fully saturated rings. The molecule has 1 aliphatic heterocycles. The van der Waals surface area contributed by atoms with Gasteiger partial charge in [-0.1, -0.05) is 0 Å². The molecule has 0 radical (unpaired) electrons. The lowest BCUT2D eigenvalue weighted by Gasteiger charge is -2.13. The van der Waals surface area contributed by atoms with Crippen molar-refractivity contribution in [3.63, 3.8) is 0 Å². The molecule has 0 aliphatic carbocycles. The topological polar surface area (TPSA) is 29.3 Å². The number of nitrogens with two attached hydrogens (primary N) is 1. The minimum Gasteiger partial charge on any atom is -0.327 e. The molecule has 3 heteroatoms. The third-order valence-electron chi connectivity index (χ3n) is 2.34. The van der Waals surface area contributed by atoms with Gasteiger partial charge in [-0.2, -0.15) is 11.8 Å². The van der Waals surface area contributed by atoms with Gasteiger partial charge in [0.15, 0.2) is 0 Å². The fourth-order valence-corrected chi connectivity index (χ4v) is 2.54. The van der Waals surface area contributed by atoms with Crippen LogP contribution in [0.2, 0.25) is 0 Å². The molecule has 0 aromatic rings. The van der Waals surface area contributed by atoms with E-state index in [2.05, 4.69) is 11.8 Å². The van der Waals surface area contributed by atoms with Gasteiger partial charge in [-0.15, -0.1) is 0 Å². The number of nitrogens with zero attached hydrogens (tertiary/aromatic N) is 1. The summed E-state index contributed by atoms with van der Waals surface area (Å²) in [5, 5.41) is 0. The van der Waals surface area contributed by atoms with E-state index in [0.29, 0.717) is 6.04 Å². The number of rotatable bonds is 6. The van der Waals surface area contributed by atoms with E-state index >= 15 is 0 Å². The summed E-state index contributed by atoms with van der Waals surface area (Å²) >= 11 is 1.99. The first-order valence-electron chi connectivity index (χ1n) is 5.34. The first kappa shape index (κ1) is 11.3. The summed E-state index contributed by atoms with van der Waals surface area (Å²) in [4.78, 5) is 2.58. The van der Waals surface area contributed by atoms with Gasteiger partial charge in [0, 0.05) is 11.8 Å². The van der Waals surface area contributed by atoms with Gasteiger partial charge in [-0.05, 0) is 51.6 Å². The fourth-order valence-electron chi connectivity index (χ4n) is 1.67. The van der Waals surface area contributed by atoms with Crippen LogP contribution >= 0.6 is 11.8 Å². The summed E-state index contributed by atoms with van der Waals surface area (Å²) in [5.41, 5.74) is 5.67. The minimum absolute atomic E-state index is 0.358. The van der Waals surface area contributed by atoms with E-state index in [1.165, 1.54) is 44.6 Å². The lowest BCUT2D eigenvalue weighted by Crippen LogP contribution is -2.21. The third kappa shape index (κ3) is 5.55. The van der Waals surface area contributed by atoms with Crippen molar-refractivity contribution in [1.82, 2.24) is 4.90 Å². The second kappa shape index (κ2) is 6.68. The molecule has 78 valence electrons. The van der Waals surface area contributed by atoms with E-state index in [-0.39, 0.29) is 0 Å². The Kier molecular flexibility index (Phi) is 5.83. The second-order valence-electron chi connectivity index (χ2n) is 3.95.